The molecule has 0 aliphatic carbocycles. The van der Waals surface area contributed by atoms with E-state index < -0.39 is 0 Å². The molecule has 1 aliphatic heterocycles. The minimum absolute atomic E-state index is 0.113. The molecule has 1 aromatic heterocycles. The number of amides is 1. The second kappa shape index (κ2) is 8.80. The summed E-state index contributed by atoms with van der Waals surface area (Å²) in [5.41, 5.74) is 9.98. The van der Waals surface area contributed by atoms with Gasteiger partial charge >= 0.3 is 0 Å². The average Bonchev–Trinajstić information content (AvgIpc) is 2.94. The fourth-order valence-corrected chi connectivity index (χ4v) is 3.88. The molecular formula is C25H21ClN6O. The summed E-state index contributed by atoms with van der Waals surface area (Å²) in [6.45, 7) is 0.365. The van der Waals surface area contributed by atoms with Gasteiger partial charge in [-0.05, 0) is 42.0 Å². The van der Waals surface area contributed by atoms with Crippen LogP contribution in [0, 0.1) is 0 Å². The monoisotopic (exact) mass is 456 g/mol. The second-order valence-corrected chi connectivity index (χ2v) is 8.05. The quantitative estimate of drug-likeness (QED) is 0.386. The summed E-state index contributed by atoms with van der Waals surface area (Å²) >= 11 is 6.05. The van der Waals surface area contributed by atoms with Crippen LogP contribution >= 0.6 is 11.6 Å². The van der Waals surface area contributed by atoms with Gasteiger partial charge in [-0.3, -0.25) is 20.5 Å². The van der Waals surface area contributed by atoms with E-state index in [-0.39, 0.29) is 5.91 Å². The lowest BCUT2D eigenvalue weighted by molar-refractivity contribution is 0.0986. The smallest absolute Gasteiger partial charge is 0.260 e. The molecule has 2 heterocycles. The molecule has 0 atom stereocenters. The summed E-state index contributed by atoms with van der Waals surface area (Å²) in [5.74, 6) is 0.898. The molecule has 33 heavy (non-hydrogen) atoms. The number of nitrogens with zero attached hydrogens (tertiary/aromatic N) is 4. The Morgan fingerprint density at radius 2 is 1.61 bits per heavy atom. The van der Waals surface area contributed by atoms with Gasteiger partial charge in [0.25, 0.3) is 5.91 Å². The van der Waals surface area contributed by atoms with E-state index in [4.69, 9.17) is 16.6 Å². The third kappa shape index (κ3) is 4.18. The highest BCUT2D eigenvalue weighted by Gasteiger charge is 2.31. The predicted octanol–water partition coefficient (Wildman–Crippen LogP) is 5.50. The Hall–Kier alpha value is -4.10. The summed E-state index contributed by atoms with van der Waals surface area (Å²) in [6, 6.07) is 24.7. The van der Waals surface area contributed by atoms with E-state index in [0.717, 1.165) is 16.9 Å². The third-order valence-corrected chi connectivity index (χ3v) is 5.70. The molecule has 1 amide bonds. The lowest BCUT2D eigenvalue weighted by Crippen LogP contribution is -2.30. The highest BCUT2D eigenvalue weighted by Crippen LogP contribution is 2.39. The van der Waals surface area contributed by atoms with Crippen molar-refractivity contribution in [2.45, 2.75) is 6.54 Å². The first-order valence-electron chi connectivity index (χ1n) is 10.4. The number of rotatable bonds is 5. The van der Waals surface area contributed by atoms with Crippen molar-refractivity contribution < 1.29 is 4.79 Å². The highest BCUT2D eigenvalue weighted by molar-refractivity contribution is 6.30. The van der Waals surface area contributed by atoms with Crippen LogP contribution in [0.1, 0.15) is 15.9 Å². The number of benzene rings is 3. The number of carbonyl (C=O) groups excluding carboxylic acids is 1. The van der Waals surface area contributed by atoms with Gasteiger partial charge in [0.05, 0.1) is 29.7 Å². The summed E-state index contributed by atoms with van der Waals surface area (Å²) in [6.07, 6.45) is 1.67. The Morgan fingerprint density at radius 3 is 2.39 bits per heavy atom. The SMILES string of the molecule is CN1c2ccccc2C(=O)N(Cc2ccc(Cl)cc2)c2cnc(NNc3ccccc3)nc21. The Balaban J connectivity index is 1.54. The van der Waals surface area contributed by atoms with Gasteiger partial charge in [0.15, 0.2) is 5.82 Å². The first kappa shape index (κ1) is 20.8. The number of nitrogens with one attached hydrogen (secondary N) is 2. The number of fused-ring (bicyclic) bond motifs is 2. The lowest BCUT2D eigenvalue weighted by atomic mass is 10.1. The second-order valence-electron chi connectivity index (χ2n) is 7.61. The molecule has 0 saturated carbocycles. The Morgan fingerprint density at radius 1 is 0.879 bits per heavy atom. The Kier molecular flexibility index (Phi) is 5.54. The molecule has 4 aromatic rings. The van der Waals surface area contributed by atoms with Gasteiger partial charge in [-0.1, -0.05) is 54.1 Å². The van der Waals surface area contributed by atoms with Crippen molar-refractivity contribution in [3.05, 3.63) is 101 Å². The van der Waals surface area contributed by atoms with E-state index in [2.05, 4.69) is 15.8 Å². The van der Waals surface area contributed by atoms with Gasteiger partial charge < -0.3 is 4.90 Å². The van der Waals surface area contributed by atoms with Crippen molar-refractivity contribution in [3.63, 3.8) is 0 Å². The molecule has 0 saturated heterocycles. The molecule has 5 rings (SSSR count). The maximum atomic E-state index is 13.6. The third-order valence-electron chi connectivity index (χ3n) is 5.45. The highest BCUT2D eigenvalue weighted by atomic mass is 35.5. The van der Waals surface area contributed by atoms with E-state index in [1.807, 2.05) is 90.8 Å². The van der Waals surface area contributed by atoms with Gasteiger partial charge in [0, 0.05) is 12.1 Å². The normalized spacial score (nSPS) is 12.6. The van der Waals surface area contributed by atoms with Crippen molar-refractivity contribution in [1.29, 1.82) is 0 Å². The van der Waals surface area contributed by atoms with E-state index in [0.29, 0.717) is 34.6 Å². The number of hydrazine groups is 1. The zero-order valence-corrected chi connectivity index (χ0v) is 18.6. The van der Waals surface area contributed by atoms with Crippen LogP contribution in [0.15, 0.2) is 85.1 Å². The number of para-hydroxylation sites is 2. The van der Waals surface area contributed by atoms with Crippen LogP contribution in [0.5, 0.6) is 0 Å². The van der Waals surface area contributed by atoms with Gasteiger partial charge in [0.2, 0.25) is 5.95 Å². The Bertz CT molecular complexity index is 1300. The van der Waals surface area contributed by atoms with Crippen LogP contribution < -0.4 is 20.7 Å². The number of hydrogen-bond donors (Lipinski definition) is 2. The van der Waals surface area contributed by atoms with E-state index >= 15 is 0 Å². The van der Waals surface area contributed by atoms with Gasteiger partial charge in [-0.25, -0.2) is 4.98 Å². The van der Waals surface area contributed by atoms with Gasteiger partial charge in [0.1, 0.15) is 5.69 Å². The maximum absolute atomic E-state index is 13.6. The molecule has 0 unspecified atom stereocenters. The molecule has 0 radical (unpaired) electrons. The molecule has 7 nitrogen and oxygen atoms in total. The number of halogens is 1. The van der Waals surface area contributed by atoms with Crippen LogP contribution in [0.4, 0.5) is 28.8 Å². The summed E-state index contributed by atoms with van der Waals surface area (Å²) in [5, 5.41) is 0.649. The number of anilines is 5. The Labute approximate surface area is 196 Å². The fourth-order valence-electron chi connectivity index (χ4n) is 3.76. The van der Waals surface area contributed by atoms with Gasteiger partial charge in [-0.2, -0.15) is 4.98 Å². The molecule has 164 valence electrons. The first-order chi connectivity index (χ1) is 16.1. The number of hydrogen-bond acceptors (Lipinski definition) is 6. The van der Waals surface area contributed by atoms with Crippen LogP contribution in [-0.4, -0.2) is 22.9 Å². The minimum Gasteiger partial charge on any atom is -0.327 e. The van der Waals surface area contributed by atoms with Crippen molar-refractivity contribution >= 4 is 46.3 Å². The van der Waals surface area contributed by atoms with Crippen LogP contribution in [0.3, 0.4) is 0 Å². The molecule has 8 heteroatoms. The van der Waals surface area contributed by atoms with Crippen molar-refractivity contribution in [1.82, 2.24) is 9.97 Å². The molecule has 2 N–H and O–H groups in total. The molecule has 3 aromatic carbocycles. The molecule has 0 fully saturated rings. The van der Waals surface area contributed by atoms with Crippen molar-refractivity contribution in [3.8, 4) is 0 Å². The van der Waals surface area contributed by atoms with Crippen LogP contribution in [0.25, 0.3) is 0 Å². The fraction of sp³-hybridized carbons (Fsp3) is 0.0800. The van der Waals surface area contributed by atoms with Crippen molar-refractivity contribution in [2.24, 2.45) is 0 Å². The lowest BCUT2D eigenvalue weighted by Gasteiger charge is -2.24. The first-order valence-corrected chi connectivity index (χ1v) is 10.8. The number of carbonyl (C=O) groups is 1. The minimum atomic E-state index is -0.113. The summed E-state index contributed by atoms with van der Waals surface area (Å²) in [4.78, 5) is 26.4. The zero-order valence-electron chi connectivity index (χ0n) is 17.9. The van der Waals surface area contributed by atoms with E-state index in [1.165, 1.54) is 0 Å². The van der Waals surface area contributed by atoms with E-state index in [9.17, 15) is 4.79 Å². The summed E-state index contributed by atoms with van der Waals surface area (Å²) < 4.78 is 0. The molecule has 1 aliphatic rings. The molecule has 0 spiro atoms. The predicted molar refractivity (Wildman–Crippen MR) is 132 cm³/mol. The van der Waals surface area contributed by atoms with Gasteiger partial charge in [-0.15, -0.1) is 0 Å². The van der Waals surface area contributed by atoms with E-state index in [1.54, 1.807) is 11.1 Å². The van der Waals surface area contributed by atoms with Crippen molar-refractivity contribution in [2.75, 3.05) is 27.7 Å². The molecular weight excluding hydrogens is 436 g/mol. The topological polar surface area (TPSA) is 73.4 Å². The molecule has 0 bridgehead atoms. The summed E-state index contributed by atoms with van der Waals surface area (Å²) in [7, 11) is 1.90. The largest absolute Gasteiger partial charge is 0.327 e. The maximum Gasteiger partial charge on any atom is 0.260 e. The zero-order chi connectivity index (χ0) is 22.8. The number of aromatic nitrogens is 2. The average molecular weight is 457 g/mol. The standard InChI is InChI=1S/C25H21ClN6O/c1-31-21-10-6-5-9-20(21)24(33)32(16-17-11-13-18(26)14-12-17)22-15-27-25(28-23(22)31)30-29-19-7-3-2-4-8-19/h2-15,29H,16H2,1H3,(H,27,28,30). The van der Waals surface area contributed by atoms with Crippen LogP contribution in [0.2, 0.25) is 5.02 Å². The van der Waals surface area contributed by atoms with Crippen LogP contribution in [-0.2, 0) is 6.54 Å².